The molecule has 1 spiro atoms. The number of benzene rings is 1. The number of aliphatic hydroxyl groups is 3. The zero-order valence-electron chi connectivity index (χ0n) is 20.4. The number of ether oxygens (including phenoxy) is 1. The molecule has 1 aromatic rings. The number of carbonyl (C=O) groups is 2. The highest BCUT2D eigenvalue weighted by Gasteiger charge is 2.76. The molecule has 6 heteroatoms. The molecule has 0 amide bonds. The number of aryl methyl sites for hydroxylation is 1. The Morgan fingerprint density at radius 1 is 1.21 bits per heavy atom. The fraction of sp³-hybridized carbons (Fsp3) is 0.571. The summed E-state index contributed by atoms with van der Waals surface area (Å²) in [5.74, 6) is -1.21. The summed E-state index contributed by atoms with van der Waals surface area (Å²) < 4.78 is 5.91. The van der Waals surface area contributed by atoms with Gasteiger partial charge in [-0.15, -0.1) is 0 Å². The van der Waals surface area contributed by atoms with Crippen molar-refractivity contribution in [3.63, 3.8) is 0 Å². The number of hydrogen-bond donors (Lipinski definition) is 3. The quantitative estimate of drug-likeness (QED) is 0.467. The first kappa shape index (κ1) is 23.5. The summed E-state index contributed by atoms with van der Waals surface area (Å²) in [6.45, 7) is 9.30. The fourth-order valence-electron chi connectivity index (χ4n) is 7.57. The first-order valence-electron chi connectivity index (χ1n) is 12.1. The van der Waals surface area contributed by atoms with Crippen molar-refractivity contribution in [2.45, 2.75) is 58.8 Å². The number of aliphatic hydroxyl groups excluding tert-OH is 2. The Bertz CT molecular complexity index is 1130. The molecule has 0 radical (unpaired) electrons. The molecule has 0 heterocycles. The second-order valence-corrected chi connectivity index (χ2v) is 11.5. The van der Waals surface area contributed by atoms with Crippen molar-refractivity contribution in [2.75, 3.05) is 6.61 Å². The Balaban J connectivity index is 1.65. The van der Waals surface area contributed by atoms with Crippen LogP contribution in [-0.2, 0) is 9.53 Å². The van der Waals surface area contributed by atoms with Gasteiger partial charge in [0.15, 0.2) is 17.5 Å². The maximum Gasteiger partial charge on any atom is 0.339 e. The van der Waals surface area contributed by atoms with E-state index in [0.29, 0.717) is 17.1 Å². The highest BCUT2D eigenvalue weighted by atomic mass is 16.6. The lowest BCUT2D eigenvalue weighted by Gasteiger charge is -2.48. The van der Waals surface area contributed by atoms with Crippen molar-refractivity contribution < 1.29 is 29.6 Å². The van der Waals surface area contributed by atoms with Crippen LogP contribution in [-0.4, -0.2) is 51.5 Å². The van der Waals surface area contributed by atoms with E-state index in [1.165, 1.54) is 0 Å². The Morgan fingerprint density at radius 2 is 1.88 bits per heavy atom. The summed E-state index contributed by atoms with van der Waals surface area (Å²) in [6.07, 6.45) is 1.36. The van der Waals surface area contributed by atoms with Gasteiger partial charge in [0.25, 0.3) is 0 Å². The van der Waals surface area contributed by atoms with Crippen LogP contribution in [0.15, 0.2) is 47.6 Å². The molecule has 5 rings (SSSR count). The summed E-state index contributed by atoms with van der Waals surface area (Å²) >= 11 is 0. The molecule has 3 N–H and O–H groups in total. The molecule has 6 nitrogen and oxygen atoms in total. The van der Waals surface area contributed by atoms with Gasteiger partial charge in [0.1, 0.15) is 6.10 Å². The fourth-order valence-corrected chi connectivity index (χ4v) is 7.57. The minimum Gasteiger partial charge on any atom is -0.451 e. The van der Waals surface area contributed by atoms with Gasteiger partial charge in [0.05, 0.1) is 17.6 Å². The molecule has 1 aromatic carbocycles. The number of hydrogen-bond acceptors (Lipinski definition) is 6. The largest absolute Gasteiger partial charge is 0.451 e. The minimum absolute atomic E-state index is 0.0330. The van der Waals surface area contributed by atoms with Gasteiger partial charge in [-0.25, -0.2) is 4.79 Å². The number of fused-ring (bicyclic) bond motifs is 3. The summed E-state index contributed by atoms with van der Waals surface area (Å²) in [5.41, 5.74) is -1.73. The molecule has 0 saturated heterocycles. The molecule has 2 bridgehead atoms. The third-order valence-electron chi connectivity index (χ3n) is 9.49. The molecule has 2 fully saturated rings. The Labute approximate surface area is 200 Å². The molecule has 4 aliphatic carbocycles. The lowest BCUT2D eigenvalue weighted by molar-refractivity contribution is -0.190. The third kappa shape index (κ3) is 2.73. The summed E-state index contributed by atoms with van der Waals surface area (Å²) in [4.78, 5) is 27.5. The van der Waals surface area contributed by atoms with E-state index in [2.05, 4.69) is 13.8 Å². The van der Waals surface area contributed by atoms with E-state index >= 15 is 0 Å². The van der Waals surface area contributed by atoms with Crippen LogP contribution in [0.1, 0.15) is 50.0 Å². The van der Waals surface area contributed by atoms with Gasteiger partial charge in [-0.05, 0) is 66.2 Å². The number of esters is 1. The summed E-state index contributed by atoms with van der Waals surface area (Å²) in [7, 11) is 0. The Hall–Kier alpha value is -2.28. The smallest absolute Gasteiger partial charge is 0.339 e. The van der Waals surface area contributed by atoms with Crippen molar-refractivity contribution >= 4 is 11.8 Å². The topological polar surface area (TPSA) is 104 Å². The van der Waals surface area contributed by atoms with Crippen LogP contribution >= 0.6 is 0 Å². The maximum absolute atomic E-state index is 14.3. The van der Waals surface area contributed by atoms with Gasteiger partial charge in [0.2, 0.25) is 0 Å². The molecule has 34 heavy (non-hydrogen) atoms. The van der Waals surface area contributed by atoms with Gasteiger partial charge in [-0.2, -0.15) is 0 Å². The van der Waals surface area contributed by atoms with Crippen molar-refractivity contribution in [1.82, 2.24) is 0 Å². The third-order valence-corrected chi connectivity index (χ3v) is 9.49. The van der Waals surface area contributed by atoms with E-state index in [1.807, 2.05) is 13.0 Å². The van der Waals surface area contributed by atoms with Gasteiger partial charge < -0.3 is 20.1 Å². The monoisotopic (exact) mass is 466 g/mol. The SMILES string of the molecule is CC1=C[C@]23C(=O)[C@@H](C=C(CO)[C@@H](O)[C@]2(O)[C@H]1OC(=O)c1ccccc1C)[C@H]1[C@@H](C[C@H]3C)C1(C)C. The highest BCUT2D eigenvalue weighted by Crippen LogP contribution is 2.71. The first-order chi connectivity index (χ1) is 15.9. The second-order valence-electron chi connectivity index (χ2n) is 11.5. The van der Waals surface area contributed by atoms with Gasteiger partial charge in [-0.3, -0.25) is 4.79 Å². The van der Waals surface area contributed by atoms with Crippen molar-refractivity contribution in [3.8, 4) is 0 Å². The molecule has 182 valence electrons. The normalized spacial score (nSPS) is 41.9. The molecule has 2 saturated carbocycles. The van der Waals surface area contributed by atoms with Crippen LogP contribution in [0.5, 0.6) is 0 Å². The van der Waals surface area contributed by atoms with E-state index < -0.39 is 41.7 Å². The first-order valence-corrected chi connectivity index (χ1v) is 12.1. The summed E-state index contributed by atoms with van der Waals surface area (Å²) in [5, 5.41) is 34.1. The van der Waals surface area contributed by atoms with Crippen LogP contribution in [0.2, 0.25) is 0 Å². The van der Waals surface area contributed by atoms with E-state index in [4.69, 9.17) is 4.74 Å². The van der Waals surface area contributed by atoms with E-state index in [1.54, 1.807) is 44.2 Å². The summed E-state index contributed by atoms with van der Waals surface area (Å²) in [6, 6.07) is 7.01. The predicted molar refractivity (Wildman–Crippen MR) is 126 cm³/mol. The molecular weight excluding hydrogens is 432 g/mol. The van der Waals surface area contributed by atoms with Crippen LogP contribution in [0.25, 0.3) is 0 Å². The number of rotatable bonds is 3. The number of ketones is 1. The highest BCUT2D eigenvalue weighted by molar-refractivity contribution is 5.96. The van der Waals surface area contributed by atoms with Gasteiger partial charge >= 0.3 is 5.97 Å². The van der Waals surface area contributed by atoms with Gasteiger partial charge in [0, 0.05) is 5.92 Å². The maximum atomic E-state index is 14.3. The molecule has 4 aliphatic rings. The Morgan fingerprint density at radius 3 is 2.53 bits per heavy atom. The van der Waals surface area contributed by atoms with Crippen molar-refractivity contribution in [2.24, 2.45) is 34.5 Å². The number of Topliss-reactive ketones (excluding diaryl/α,β-unsaturated/α-hetero) is 1. The molecule has 0 aliphatic heterocycles. The molecule has 0 unspecified atom stereocenters. The lowest BCUT2D eigenvalue weighted by Crippen LogP contribution is -2.65. The van der Waals surface area contributed by atoms with Crippen LogP contribution < -0.4 is 0 Å². The van der Waals surface area contributed by atoms with Crippen LogP contribution in [0.3, 0.4) is 0 Å². The van der Waals surface area contributed by atoms with Gasteiger partial charge in [-0.1, -0.05) is 51.1 Å². The zero-order valence-corrected chi connectivity index (χ0v) is 20.4. The standard InChI is InChI=1S/C28H34O6/c1-14-8-6-7-9-18(14)25(32)34-24-15(2)12-27-16(3)10-20-21(26(20,4)5)19(23(27)31)11-17(13-29)22(30)28(24,27)33/h6-9,11-12,16,19-22,24,29-30,33H,10,13H2,1-5H3/t16-,19+,20-,21+,22-,24+,27+,28+/m1/s1. The molecule has 8 atom stereocenters. The zero-order chi connectivity index (χ0) is 24.8. The Kier molecular flexibility index (Phi) is 5.08. The van der Waals surface area contributed by atoms with Crippen LogP contribution in [0, 0.1) is 41.4 Å². The number of carbonyl (C=O) groups excluding carboxylic acids is 2. The molecular formula is C28H34O6. The van der Waals surface area contributed by atoms with E-state index in [0.717, 1.165) is 12.0 Å². The average molecular weight is 467 g/mol. The van der Waals surface area contributed by atoms with E-state index in [9.17, 15) is 24.9 Å². The second kappa shape index (κ2) is 7.36. The minimum atomic E-state index is -2.11. The van der Waals surface area contributed by atoms with Crippen molar-refractivity contribution in [3.05, 3.63) is 58.7 Å². The van der Waals surface area contributed by atoms with Crippen molar-refractivity contribution in [1.29, 1.82) is 0 Å². The van der Waals surface area contributed by atoms with E-state index in [-0.39, 0.29) is 28.6 Å². The predicted octanol–water partition coefficient (Wildman–Crippen LogP) is 2.99. The molecule has 0 aromatic heterocycles. The van der Waals surface area contributed by atoms with Crippen LogP contribution in [0.4, 0.5) is 0 Å². The lowest BCUT2D eigenvalue weighted by atomic mass is 9.59. The number of allylic oxidation sites excluding steroid dienone is 1. The average Bonchev–Trinajstić information content (AvgIpc) is 3.28.